The Hall–Kier alpha value is -2.73. The molecule has 0 aliphatic carbocycles. The molecule has 0 aliphatic heterocycles. The van der Waals surface area contributed by atoms with Crippen LogP contribution in [0.4, 0.5) is 0 Å². The topological polar surface area (TPSA) is 64.1 Å². The van der Waals surface area contributed by atoms with Gasteiger partial charge in [-0.25, -0.2) is 4.98 Å². The first-order valence-electron chi connectivity index (χ1n) is 7.03. The van der Waals surface area contributed by atoms with E-state index in [0.717, 1.165) is 16.1 Å². The zero-order chi connectivity index (χ0) is 16.1. The maximum atomic E-state index is 12.1. The molecule has 0 saturated heterocycles. The molecule has 3 rings (SSSR count). The van der Waals surface area contributed by atoms with E-state index in [-0.39, 0.29) is 5.91 Å². The van der Waals surface area contributed by atoms with E-state index in [0.29, 0.717) is 18.0 Å². The van der Waals surface area contributed by atoms with E-state index >= 15 is 0 Å². The lowest BCUT2D eigenvalue weighted by molar-refractivity contribution is 0.0950. The number of thiophene rings is 1. The molecule has 0 aliphatic rings. The molecule has 0 spiro atoms. The zero-order valence-corrected chi connectivity index (χ0v) is 13.3. The minimum atomic E-state index is -0.172. The van der Waals surface area contributed by atoms with E-state index in [9.17, 15) is 4.79 Å². The summed E-state index contributed by atoms with van der Waals surface area (Å²) in [7, 11) is 1.54. The number of ether oxygens (including phenoxy) is 1. The first-order chi connectivity index (χ1) is 11.3. The zero-order valence-electron chi connectivity index (χ0n) is 12.5. The predicted molar refractivity (Wildman–Crippen MR) is 89.5 cm³/mol. The van der Waals surface area contributed by atoms with Crippen LogP contribution in [-0.4, -0.2) is 23.0 Å². The SMILES string of the molecule is COc1ccc(C(=O)NCc2ccnc(-c3cccs3)c2)cn1. The van der Waals surface area contributed by atoms with Crippen LogP contribution in [0.2, 0.25) is 0 Å². The van der Waals surface area contributed by atoms with Crippen molar-refractivity contribution in [1.82, 2.24) is 15.3 Å². The third-order valence-corrected chi connectivity index (χ3v) is 4.15. The molecule has 23 heavy (non-hydrogen) atoms. The molecule has 0 atom stereocenters. The number of carbonyl (C=O) groups excluding carboxylic acids is 1. The normalized spacial score (nSPS) is 10.3. The van der Waals surface area contributed by atoms with Crippen molar-refractivity contribution in [2.45, 2.75) is 6.54 Å². The highest BCUT2D eigenvalue weighted by atomic mass is 32.1. The molecule has 0 radical (unpaired) electrons. The maximum absolute atomic E-state index is 12.1. The summed E-state index contributed by atoms with van der Waals surface area (Å²) in [6, 6.07) is 11.2. The Morgan fingerprint density at radius 1 is 1.26 bits per heavy atom. The van der Waals surface area contributed by atoms with Crippen molar-refractivity contribution in [3.63, 3.8) is 0 Å². The van der Waals surface area contributed by atoms with Gasteiger partial charge in [-0.3, -0.25) is 9.78 Å². The van der Waals surface area contributed by atoms with Gasteiger partial charge in [0.1, 0.15) is 0 Å². The third-order valence-electron chi connectivity index (χ3n) is 3.26. The fraction of sp³-hybridized carbons (Fsp3) is 0.118. The number of pyridine rings is 2. The minimum Gasteiger partial charge on any atom is -0.481 e. The van der Waals surface area contributed by atoms with Crippen molar-refractivity contribution < 1.29 is 9.53 Å². The van der Waals surface area contributed by atoms with Crippen molar-refractivity contribution in [2.24, 2.45) is 0 Å². The highest BCUT2D eigenvalue weighted by Gasteiger charge is 2.07. The second-order valence-corrected chi connectivity index (χ2v) is 5.75. The smallest absolute Gasteiger partial charge is 0.253 e. The van der Waals surface area contributed by atoms with Gasteiger partial charge < -0.3 is 10.1 Å². The molecule has 1 amide bonds. The van der Waals surface area contributed by atoms with Crippen LogP contribution in [0.25, 0.3) is 10.6 Å². The molecule has 3 aromatic heterocycles. The number of hydrogen-bond acceptors (Lipinski definition) is 5. The van der Waals surface area contributed by atoms with Crippen molar-refractivity contribution in [1.29, 1.82) is 0 Å². The van der Waals surface area contributed by atoms with E-state index < -0.39 is 0 Å². The number of rotatable bonds is 5. The Morgan fingerprint density at radius 2 is 2.17 bits per heavy atom. The van der Waals surface area contributed by atoms with Crippen molar-refractivity contribution >= 4 is 17.2 Å². The first kappa shape index (κ1) is 15.2. The third kappa shape index (κ3) is 3.73. The molecule has 0 saturated carbocycles. The predicted octanol–water partition coefficient (Wildman–Crippen LogP) is 3.14. The molecule has 116 valence electrons. The number of aromatic nitrogens is 2. The largest absolute Gasteiger partial charge is 0.481 e. The molecular formula is C17H15N3O2S. The molecule has 0 fully saturated rings. The van der Waals surface area contributed by atoms with Crippen LogP contribution in [0.5, 0.6) is 5.88 Å². The number of nitrogens with zero attached hydrogens (tertiary/aromatic N) is 2. The van der Waals surface area contributed by atoms with Gasteiger partial charge in [-0.2, -0.15) is 0 Å². The summed E-state index contributed by atoms with van der Waals surface area (Å²) in [4.78, 5) is 21.6. The van der Waals surface area contributed by atoms with E-state index in [1.165, 1.54) is 13.3 Å². The molecule has 0 bridgehead atoms. The number of amides is 1. The summed E-state index contributed by atoms with van der Waals surface area (Å²) in [6.45, 7) is 0.436. The summed E-state index contributed by atoms with van der Waals surface area (Å²) < 4.78 is 4.98. The first-order valence-corrected chi connectivity index (χ1v) is 7.91. The molecule has 5 nitrogen and oxygen atoms in total. The van der Waals surface area contributed by atoms with Gasteiger partial charge in [0.05, 0.1) is 23.2 Å². The Morgan fingerprint density at radius 3 is 2.87 bits per heavy atom. The quantitative estimate of drug-likeness (QED) is 0.783. The van der Waals surface area contributed by atoms with Gasteiger partial charge >= 0.3 is 0 Å². The summed E-state index contributed by atoms with van der Waals surface area (Å²) in [5.41, 5.74) is 2.41. The number of hydrogen-bond donors (Lipinski definition) is 1. The molecule has 3 heterocycles. The molecule has 6 heteroatoms. The molecule has 3 aromatic rings. The van der Waals surface area contributed by atoms with Crippen LogP contribution in [-0.2, 0) is 6.54 Å². The van der Waals surface area contributed by atoms with E-state index in [1.807, 2.05) is 29.6 Å². The highest BCUT2D eigenvalue weighted by molar-refractivity contribution is 7.13. The summed E-state index contributed by atoms with van der Waals surface area (Å²) in [6.07, 6.45) is 3.25. The lowest BCUT2D eigenvalue weighted by Crippen LogP contribution is -2.22. The Bertz CT molecular complexity index is 786. The Labute approximate surface area is 138 Å². The highest BCUT2D eigenvalue weighted by Crippen LogP contribution is 2.23. The van der Waals surface area contributed by atoms with Crippen LogP contribution >= 0.6 is 11.3 Å². The number of carbonyl (C=O) groups is 1. The van der Waals surface area contributed by atoms with Gasteiger partial charge in [-0.15, -0.1) is 11.3 Å². The van der Waals surface area contributed by atoms with Gasteiger partial charge in [0.25, 0.3) is 5.91 Å². The van der Waals surface area contributed by atoms with Crippen LogP contribution in [0.15, 0.2) is 54.2 Å². The molecule has 0 aromatic carbocycles. The van der Waals surface area contributed by atoms with Crippen LogP contribution < -0.4 is 10.1 Å². The summed E-state index contributed by atoms with van der Waals surface area (Å²) in [5, 5.41) is 4.90. The molecular weight excluding hydrogens is 310 g/mol. The molecule has 0 unspecified atom stereocenters. The van der Waals surface area contributed by atoms with Crippen LogP contribution in [0.3, 0.4) is 0 Å². The Balaban J connectivity index is 1.65. The van der Waals surface area contributed by atoms with Crippen molar-refractivity contribution in [2.75, 3.05) is 7.11 Å². The fourth-order valence-electron chi connectivity index (χ4n) is 2.06. The van der Waals surface area contributed by atoms with Crippen LogP contribution in [0.1, 0.15) is 15.9 Å². The van der Waals surface area contributed by atoms with E-state index in [1.54, 1.807) is 29.7 Å². The monoisotopic (exact) mass is 325 g/mol. The minimum absolute atomic E-state index is 0.172. The summed E-state index contributed by atoms with van der Waals surface area (Å²) in [5.74, 6) is 0.311. The van der Waals surface area contributed by atoms with Crippen molar-refractivity contribution in [3.8, 4) is 16.5 Å². The van der Waals surface area contributed by atoms with Gasteiger partial charge in [-0.1, -0.05) is 6.07 Å². The van der Waals surface area contributed by atoms with Gasteiger partial charge in [0, 0.05) is 25.0 Å². The lowest BCUT2D eigenvalue weighted by atomic mass is 10.2. The number of nitrogens with one attached hydrogen (secondary N) is 1. The maximum Gasteiger partial charge on any atom is 0.253 e. The van der Waals surface area contributed by atoms with Gasteiger partial charge in [0.15, 0.2) is 0 Å². The van der Waals surface area contributed by atoms with Crippen molar-refractivity contribution in [3.05, 3.63) is 65.3 Å². The average molecular weight is 325 g/mol. The Kier molecular flexibility index (Phi) is 4.63. The van der Waals surface area contributed by atoms with Gasteiger partial charge in [-0.05, 0) is 35.2 Å². The number of methoxy groups -OCH3 is 1. The fourth-order valence-corrected chi connectivity index (χ4v) is 2.76. The standard InChI is InChI=1S/C17H15N3O2S/c1-22-16-5-4-13(11-19-16)17(21)20-10-12-6-7-18-14(9-12)15-3-2-8-23-15/h2-9,11H,10H2,1H3,(H,20,21). The molecule has 1 N–H and O–H groups in total. The average Bonchev–Trinajstić information content (AvgIpc) is 3.15. The van der Waals surface area contributed by atoms with E-state index in [4.69, 9.17) is 4.74 Å². The second-order valence-electron chi connectivity index (χ2n) is 4.80. The lowest BCUT2D eigenvalue weighted by Gasteiger charge is -2.07. The summed E-state index contributed by atoms with van der Waals surface area (Å²) >= 11 is 1.64. The van der Waals surface area contributed by atoms with Gasteiger partial charge in [0.2, 0.25) is 5.88 Å². The van der Waals surface area contributed by atoms with E-state index in [2.05, 4.69) is 15.3 Å². The van der Waals surface area contributed by atoms with Crippen LogP contribution in [0, 0.1) is 0 Å². The second kappa shape index (κ2) is 7.02.